The van der Waals surface area contributed by atoms with Gasteiger partial charge in [0.25, 0.3) is 0 Å². The largest absolute Gasteiger partial charge is 0.428 e. The zero-order valence-electron chi connectivity index (χ0n) is 17.5. The molecule has 0 bridgehead atoms. The van der Waals surface area contributed by atoms with Crippen molar-refractivity contribution in [2.75, 3.05) is 12.0 Å². The zero-order chi connectivity index (χ0) is 26.2. The molecule has 0 saturated heterocycles. The van der Waals surface area contributed by atoms with E-state index in [2.05, 4.69) is 26.7 Å². The maximum Gasteiger partial charge on any atom is 0.428 e. The first-order chi connectivity index (χ1) is 16.2. The SMILES string of the molecule is CSCC(=O)NCc1ccc(C2=CC(c3cc(Cl)c(Cl)c(C(F)(F)F)c3)(C(F)(F)F)ON2)cc1Br. The standard InChI is InChI=1S/C21H15BrCl2F6N2O2S/c1-35-9-17(33)31-8-11-3-2-10(4-14(11)22)16-7-19(34-32-16,21(28,29)30)12-5-13(20(25,26)27)18(24)15(23)6-12/h2-7,32H,8-9H2,1H3,(H,31,33). The molecule has 4 nitrogen and oxygen atoms in total. The van der Waals surface area contributed by atoms with E-state index in [9.17, 15) is 31.1 Å². The molecule has 2 N–H and O–H groups in total. The second-order valence-corrected chi connectivity index (χ2v) is 9.83. The molecule has 1 atom stereocenters. The third kappa shape index (κ3) is 5.87. The van der Waals surface area contributed by atoms with Gasteiger partial charge in [-0.05, 0) is 36.1 Å². The molecule has 1 aliphatic rings. The van der Waals surface area contributed by atoms with E-state index >= 15 is 0 Å². The summed E-state index contributed by atoms with van der Waals surface area (Å²) in [5, 5.41) is 1.08. The van der Waals surface area contributed by atoms with Crippen molar-refractivity contribution in [3.05, 3.63) is 73.2 Å². The van der Waals surface area contributed by atoms with Crippen molar-refractivity contribution < 1.29 is 36.0 Å². The first kappa shape index (κ1) is 28.0. The fraction of sp³-hybridized carbons (Fsp3) is 0.286. The molecule has 2 aromatic rings. The van der Waals surface area contributed by atoms with E-state index in [0.29, 0.717) is 22.2 Å². The smallest absolute Gasteiger partial charge is 0.351 e. The molecule has 0 fully saturated rings. The highest BCUT2D eigenvalue weighted by Crippen LogP contribution is 2.50. The number of amides is 1. The lowest BCUT2D eigenvalue weighted by Crippen LogP contribution is -2.42. The van der Waals surface area contributed by atoms with Gasteiger partial charge in [-0.2, -0.15) is 38.1 Å². The van der Waals surface area contributed by atoms with E-state index in [1.54, 1.807) is 12.3 Å². The van der Waals surface area contributed by atoms with Crippen LogP contribution in [0.3, 0.4) is 0 Å². The molecule has 0 spiro atoms. The van der Waals surface area contributed by atoms with Crippen molar-refractivity contribution in [3.63, 3.8) is 0 Å². The maximum atomic E-state index is 14.2. The first-order valence-corrected chi connectivity index (χ1v) is 12.5. The van der Waals surface area contributed by atoms with Crippen LogP contribution in [0, 0.1) is 0 Å². The fourth-order valence-electron chi connectivity index (χ4n) is 3.23. The summed E-state index contributed by atoms with van der Waals surface area (Å²) in [5.41, 5.74) is -2.76. The van der Waals surface area contributed by atoms with E-state index in [4.69, 9.17) is 28.0 Å². The summed E-state index contributed by atoms with van der Waals surface area (Å²) < 4.78 is 83.2. The predicted molar refractivity (Wildman–Crippen MR) is 126 cm³/mol. The van der Waals surface area contributed by atoms with E-state index in [0.717, 1.165) is 0 Å². The monoisotopic (exact) mass is 622 g/mol. The number of hydrogen-bond donors (Lipinski definition) is 2. The van der Waals surface area contributed by atoms with Gasteiger partial charge in [0.1, 0.15) is 0 Å². The van der Waals surface area contributed by atoms with Crippen LogP contribution in [0.15, 0.2) is 40.9 Å². The summed E-state index contributed by atoms with van der Waals surface area (Å²) in [6.45, 7) is 0.180. The first-order valence-electron chi connectivity index (χ1n) is 9.54. The van der Waals surface area contributed by atoms with Gasteiger partial charge in [-0.1, -0.05) is 51.3 Å². The minimum atomic E-state index is -5.17. The van der Waals surface area contributed by atoms with Gasteiger partial charge < -0.3 is 5.32 Å². The van der Waals surface area contributed by atoms with Crippen molar-refractivity contribution in [3.8, 4) is 0 Å². The number of alkyl halides is 6. The summed E-state index contributed by atoms with van der Waals surface area (Å²) in [7, 11) is 0. The summed E-state index contributed by atoms with van der Waals surface area (Å²) in [5.74, 6) is 0.0885. The molecular formula is C21H15BrCl2F6N2O2S. The minimum absolute atomic E-state index is 0.138. The normalized spacial score (nSPS) is 18.3. The number of halogens is 9. The second-order valence-electron chi connectivity index (χ2n) is 7.33. The molecule has 35 heavy (non-hydrogen) atoms. The Morgan fingerprint density at radius 2 is 1.86 bits per heavy atom. The number of thioether (sulfide) groups is 1. The average Bonchev–Trinajstić information content (AvgIpc) is 3.21. The number of hydrogen-bond acceptors (Lipinski definition) is 4. The third-order valence-electron chi connectivity index (χ3n) is 4.97. The van der Waals surface area contributed by atoms with Gasteiger partial charge in [-0.25, -0.2) is 0 Å². The number of benzene rings is 2. The van der Waals surface area contributed by atoms with Gasteiger partial charge in [0.2, 0.25) is 11.5 Å². The third-order valence-corrected chi connectivity index (χ3v) is 7.06. The molecular weight excluding hydrogens is 609 g/mol. The van der Waals surface area contributed by atoms with Crippen LogP contribution < -0.4 is 10.8 Å². The van der Waals surface area contributed by atoms with Crippen molar-refractivity contribution in [1.82, 2.24) is 10.8 Å². The molecule has 1 heterocycles. The van der Waals surface area contributed by atoms with Crippen LogP contribution in [-0.2, 0) is 28.0 Å². The Kier molecular flexibility index (Phi) is 8.32. The molecule has 1 aliphatic heterocycles. The van der Waals surface area contributed by atoms with Crippen LogP contribution in [0.25, 0.3) is 5.70 Å². The Hall–Kier alpha value is -1.60. The Morgan fingerprint density at radius 1 is 1.17 bits per heavy atom. The Morgan fingerprint density at radius 3 is 2.43 bits per heavy atom. The molecule has 3 rings (SSSR count). The molecule has 1 amide bonds. The molecule has 0 aromatic heterocycles. The van der Waals surface area contributed by atoms with Gasteiger partial charge in [-0.3, -0.25) is 15.1 Å². The lowest BCUT2D eigenvalue weighted by Gasteiger charge is -2.29. The lowest BCUT2D eigenvalue weighted by atomic mass is 9.90. The van der Waals surface area contributed by atoms with Crippen molar-refractivity contribution >= 4 is 62.5 Å². The summed E-state index contributed by atoms with van der Waals surface area (Å²) >= 11 is 16.0. The fourth-order valence-corrected chi connectivity index (χ4v) is 4.55. The van der Waals surface area contributed by atoms with Crippen molar-refractivity contribution in [2.45, 2.75) is 24.5 Å². The Balaban J connectivity index is 2.02. The van der Waals surface area contributed by atoms with Gasteiger partial charge in [0.05, 0.1) is 27.1 Å². The van der Waals surface area contributed by atoms with Crippen LogP contribution >= 0.6 is 50.9 Å². The molecule has 2 aromatic carbocycles. The number of carbonyl (C=O) groups excluding carboxylic acids is 1. The van der Waals surface area contributed by atoms with Crippen molar-refractivity contribution in [1.29, 1.82) is 0 Å². The van der Waals surface area contributed by atoms with Crippen LogP contribution in [0.1, 0.15) is 22.3 Å². The van der Waals surface area contributed by atoms with Crippen LogP contribution in [0.4, 0.5) is 26.3 Å². The summed E-state index contributed by atoms with van der Waals surface area (Å²) in [4.78, 5) is 16.5. The van der Waals surface area contributed by atoms with Gasteiger partial charge in [0, 0.05) is 22.1 Å². The molecule has 0 aliphatic carbocycles. The van der Waals surface area contributed by atoms with E-state index < -0.39 is 39.1 Å². The summed E-state index contributed by atoms with van der Waals surface area (Å²) in [6, 6.07) is 5.49. The van der Waals surface area contributed by atoms with Gasteiger partial charge in [0.15, 0.2) is 0 Å². The highest BCUT2D eigenvalue weighted by atomic mass is 79.9. The van der Waals surface area contributed by atoms with Crippen LogP contribution in [0.5, 0.6) is 0 Å². The molecule has 14 heteroatoms. The van der Waals surface area contributed by atoms with Crippen molar-refractivity contribution in [2.24, 2.45) is 0 Å². The van der Waals surface area contributed by atoms with Gasteiger partial charge >= 0.3 is 12.4 Å². The minimum Gasteiger partial charge on any atom is -0.351 e. The average molecular weight is 624 g/mol. The number of hydroxylamine groups is 1. The van der Waals surface area contributed by atoms with E-state index in [1.807, 2.05) is 0 Å². The number of rotatable bonds is 6. The van der Waals surface area contributed by atoms with Gasteiger partial charge in [-0.15, -0.1) is 0 Å². The van der Waals surface area contributed by atoms with Crippen LogP contribution in [0.2, 0.25) is 10.0 Å². The molecule has 1 unspecified atom stereocenters. The summed E-state index contributed by atoms with van der Waals surface area (Å²) in [6.07, 6.45) is -7.81. The molecule has 190 valence electrons. The second kappa shape index (κ2) is 10.4. The Bertz CT molecular complexity index is 1180. The number of nitrogens with one attached hydrogen (secondary N) is 2. The maximum absolute atomic E-state index is 14.2. The molecule has 0 radical (unpaired) electrons. The Labute approximate surface area is 218 Å². The topological polar surface area (TPSA) is 50.4 Å². The number of carbonyl (C=O) groups is 1. The highest BCUT2D eigenvalue weighted by Gasteiger charge is 2.60. The zero-order valence-corrected chi connectivity index (χ0v) is 21.4. The predicted octanol–water partition coefficient (Wildman–Crippen LogP) is 7.09. The van der Waals surface area contributed by atoms with Crippen LogP contribution in [-0.4, -0.2) is 24.1 Å². The van der Waals surface area contributed by atoms with E-state index in [-0.39, 0.29) is 35.5 Å². The quantitative estimate of drug-likeness (QED) is 0.338. The van der Waals surface area contributed by atoms with E-state index in [1.165, 1.54) is 23.9 Å². The highest BCUT2D eigenvalue weighted by molar-refractivity contribution is 9.10. The molecule has 0 saturated carbocycles. The lowest BCUT2D eigenvalue weighted by molar-refractivity contribution is -0.269.